The number of hydrogen-bond donors (Lipinski definition) is 1. The average Bonchev–Trinajstić information content (AvgIpc) is 2.02. The summed E-state index contributed by atoms with van der Waals surface area (Å²) >= 11 is 0. The fourth-order valence-electron chi connectivity index (χ4n) is 2.31. The van der Waals surface area contributed by atoms with Gasteiger partial charge in [-0.3, -0.25) is 0 Å². The van der Waals surface area contributed by atoms with Crippen LogP contribution >= 0.6 is 0 Å². The molecule has 0 radical (unpaired) electrons. The van der Waals surface area contributed by atoms with Crippen molar-refractivity contribution in [2.45, 2.75) is 38.8 Å². The van der Waals surface area contributed by atoms with E-state index >= 15 is 0 Å². The second-order valence-corrected chi connectivity index (χ2v) is 4.63. The van der Waals surface area contributed by atoms with Crippen molar-refractivity contribution in [2.24, 2.45) is 0 Å². The van der Waals surface area contributed by atoms with Crippen LogP contribution in [0.15, 0.2) is 24.3 Å². The van der Waals surface area contributed by atoms with Gasteiger partial charge in [0.15, 0.2) is 0 Å². The van der Waals surface area contributed by atoms with Gasteiger partial charge in [-0.1, -0.05) is 24.3 Å². The number of nitrogens with one attached hydrogen (secondary N) is 1. The van der Waals surface area contributed by atoms with Gasteiger partial charge >= 0.3 is 0 Å². The topological polar surface area (TPSA) is 12.0 Å². The predicted molar refractivity (Wildman–Crippen MR) is 55.8 cm³/mol. The Morgan fingerprint density at radius 3 is 2.77 bits per heavy atom. The van der Waals surface area contributed by atoms with Gasteiger partial charge in [0.1, 0.15) is 0 Å². The lowest BCUT2D eigenvalue weighted by molar-refractivity contribution is 0.322. The molecule has 0 unspecified atom stereocenters. The maximum absolute atomic E-state index is 3.61. The van der Waals surface area contributed by atoms with E-state index in [9.17, 15) is 0 Å². The molecule has 1 aromatic rings. The van der Waals surface area contributed by atoms with Gasteiger partial charge in [0.2, 0.25) is 0 Å². The molecular formula is C12H17N. The minimum atomic E-state index is 0.244. The molecule has 0 fully saturated rings. The molecule has 0 bridgehead atoms. The molecule has 70 valence electrons. The minimum Gasteiger partial charge on any atom is -0.305 e. The maximum Gasteiger partial charge on any atom is 0.0299 e. The molecule has 0 aromatic heterocycles. The summed E-state index contributed by atoms with van der Waals surface area (Å²) in [5.74, 6) is 0. The highest BCUT2D eigenvalue weighted by Crippen LogP contribution is 2.29. The van der Waals surface area contributed by atoms with E-state index in [2.05, 4.69) is 50.4 Å². The lowest BCUT2D eigenvalue weighted by Crippen LogP contribution is -2.46. The van der Waals surface area contributed by atoms with Crippen LogP contribution in [0.2, 0.25) is 0 Å². The van der Waals surface area contributed by atoms with E-state index < -0.39 is 0 Å². The SMILES string of the molecule is C[C@H]1NC(C)(C)Cc2ccccc21. The number of hydrogen-bond acceptors (Lipinski definition) is 1. The Morgan fingerprint density at radius 2 is 2.00 bits per heavy atom. The summed E-state index contributed by atoms with van der Waals surface area (Å²) in [6.07, 6.45) is 1.13. The molecule has 0 saturated heterocycles. The molecule has 1 N–H and O–H groups in total. The summed E-state index contributed by atoms with van der Waals surface area (Å²) in [5.41, 5.74) is 3.20. The van der Waals surface area contributed by atoms with Crippen LogP contribution in [0.25, 0.3) is 0 Å². The smallest absolute Gasteiger partial charge is 0.0299 e. The van der Waals surface area contributed by atoms with E-state index in [4.69, 9.17) is 0 Å². The highest BCUT2D eigenvalue weighted by atomic mass is 15.0. The van der Waals surface area contributed by atoms with E-state index in [-0.39, 0.29) is 5.54 Å². The first kappa shape index (κ1) is 8.76. The molecule has 1 heterocycles. The Kier molecular flexibility index (Phi) is 1.92. The van der Waals surface area contributed by atoms with Crippen LogP contribution in [0.5, 0.6) is 0 Å². The molecule has 2 rings (SSSR count). The maximum atomic E-state index is 3.61. The molecule has 1 heteroatoms. The molecule has 1 aromatic carbocycles. The molecule has 1 aliphatic rings. The van der Waals surface area contributed by atoms with Gasteiger partial charge in [-0.2, -0.15) is 0 Å². The van der Waals surface area contributed by atoms with Crippen LogP contribution in [0.4, 0.5) is 0 Å². The first-order chi connectivity index (χ1) is 6.08. The van der Waals surface area contributed by atoms with Gasteiger partial charge in [0.25, 0.3) is 0 Å². The van der Waals surface area contributed by atoms with E-state index in [1.165, 1.54) is 11.1 Å². The van der Waals surface area contributed by atoms with Crippen LogP contribution in [0.3, 0.4) is 0 Å². The van der Waals surface area contributed by atoms with Gasteiger partial charge in [-0.25, -0.2) is 0 Å². The van der Waals surface area contributed by atoms with E-state index in [1.54, 1.807) is 0 Å². The highest BCUT2D eigenvalue weighted by Gasteiger charge is 2.28. The molecule has 1 atom stereocenters. The quantitative estimate of drug-likeness (QED) is 0.639. The van der Waals surface area contributed by atoms with Crippen molar-refractivity contribution in [3.05, 3.63) is 35.4 Å². The van der Waals surface area contributed by atoms with E-state index in [0.29, 0.717) is 6.04 Å². The first-order valence-corrected chi connectivity index (χ1v) is 4.94. The summed E-state index contributed by atoms with van der Waals surface area (Å²) < 4.78 is 0. The van der Waals surface area contributed by atoms with Gasteiger partial charge < -0.3 is 5.32 Å². The van der Waals surface area contributed by atoms with Crippen molar-refractivity contribution in [3.63, 3.8) is 0 Å². The van der Waals surface area contributed by atoms with Crippen molar-refractivity contribution in [2.75, 3.05) is 0 Å². The first-order valence-electron chi connectivity index (χ1n) is 4.94. The van der Waals surface area contributed by atoms with Gasteiger partial charge in [-0.15, -0.1) is 0 Å². The minimum absolute atomic E-state index is 0.244. The van der Waals surface area contributed by atoms with Crippen LogP contribution in [0, 0.1) is 0 Å². The molecule has 1 nitrogen and oxygen atoms in total. The highest BCUT2D eigenvalue weighted by molar-refractivity contribution is 5.33. The third-order valence-electron chi connectivity index (χ3n) is 2.76. The van der Waals surface area contributed by atoms with Gasteiger partial charge in [-0.05, 0) is 38.3 Å². The second-order valence-electron chi connectivity index (χ2n) is 4.63. The van der Waals surface area contributed by atoms with Crippen LogP contribution in [-0.2, 0) is 6.42 Å². The fourth-order valence-corrected chi connectivity index (χ4v) is 2.31. The van der Waals surface area contributed by atoms with Crippen molar-refractivity contribution in [1.29, 1.82) is 0 Å². The Hall–Kier alpha value is -0.820. The zero-order valence-electron chi connectivity index (χ0n) is 8.59. The summed E-state index contributed by atoms with van der Waals surface area (Å²) in [4.78, 5) is 0. The molecular weight excluding hydrogens is 158 g/mol. The Labute approximate surface area is 80.2 Å². The van der Waals surface area contributed by atoms with Crippen molar-refractivity contribution in [1.82, 2.24) is 5.32 Å². The normalized spacial score (nSPS) is 25.3. The van der Waals surface area contributed by atoms with Crippen LogP contribution in [-0.4, -0.2) is 5.54 Å². The summed E-state index contributed by atoms with van der Waals surface area (Å²) in [6.45, 7) is 6.76. The molecule has 0 spiro atoms. The predicted octanol–water partition coefficient (Wildman–Crippen LogP) is 2.67. The monoisotopic (exact) mass is 175 g/mol. The standard InChI is InChI=1S/C12H17N/c1-9-11-7-5-4-6-10(11)8-12(2,3)13-9/h4-7,9,13H,8H2,1-3H3/t9-/m1/s1. The molecule has 0 saturated carbocycles. The Morgan fingerprint density at radius 1 is 1.31 bits per heavy atom. The Balaban J connectivity index is 2.43. The zero-order valence-corrected chi connectivity index (χ0v) is 8.59. The number of benzene rings is 1. The molecule has 0 amide bonds. The van der Waals surface area contributed by atoms with Crippen LogP contribution in [0.1, 0.15) is 37.9 Å². The molecule has 1 aliphatic heterocycles. The van der Waals surface area contributed by atoms with Crippen molar-refractivity contribution in [3.8, 4) is 0 Å². The third kappa shape index (κ3) is 1.61. The number of rotatable bonds is 0. The van der Waals surface area contributed by atoms with Crippen LogP contribution < -0.4 is 5.32 Å². The molecule has 13 heavy (non-hydrogen) atoms. The largest absolute Gasteiger partial charge is 0.305 e. The lowest BCUT2D eigenvalue weighted by atomic mass is 9.84. The fraction of sp³-hybridized carbons (Fsp3) is 0.500. The molecule has 0 aliphatic carbocycles. The van der Waals surface area contributed by atoms with Crippen molar-refractivity contribution >= 4 is 0 Å². The lowest BCUT2D eigenvalue weighted by Gasteiger charge is -2.37. The summed E-state index contributed by atoms with van der Waals surface area (Å²) in [5, 5.41) is 3.61. The second kappa shape index (κ2) is 2.85. The van der Waals surface area contributed by atoms with E-state index in [1.807, 2.05) is 0 Å². The zero-order chi connectivity index (χ0) is 9.47. The number of fused-ring (bicyclic) bond motifs is 1. The summed E-state index contributed by atoms with van der Waals surface area (Å²) in [6, 6.07) is 9.21. The summed E-state index contributed by atoms with van der Waals surface area (Å²) in [7, 11) is 0. The van der Waals surface area contributed by atoms with Crippen molar-refractivity contribution < 1.29 is 0 Å². The van der Waals surface area contributed by atoms with Gasteiger partial charge in [0.05, 0.1) is 0 Å². The van der Waals surface area contributed by atoms with E-state index in [0.717, 1.165) is 6.42 Å². The van der Waals surface area contributed by atoms with Gasteiger partial charge in [0, 0.05) is 11.6 Å². The third-order valence-corrected chi connectivity index (χ3v) is 2.76. The Bertz CT molecular complexity index is 315. The average molecular weight is 175 g/mol.